The normalized spacial score (nSPS) is 26.1. The van der Waals surface area contributed by atoms with E-state index in [0.717, 1.165) is 0 Å². The van der Waals surface area contributed by atoms with Crippen LogP contribution in [0.2, 0.25) is 0 Å². The molecule has 2 atom stereocenters. The van der Waals surface area contributed by atoms with Gasteiger partial charge in [0.15, 0.2) is 12.2 Å². The molecule has 3 amide bonds. The molecule has 2 heterocycles. The van der Waals surface area contributed by atoms with Crippen LogP contribution in [0.1, 0.15) is 6.92 Å². The highest BCUT2D eigenvalue weighted by molar-refractivity contribution is 6.02. The van der Waals surface area contributed by atoms with Crippen LogP contribution in [0.5, 0.6) is 0 Å². The summed E-state index contributed by atoms with van der Waals surface area (Å²) in [6, 6.07) is -1.16. The van der Waals surface area contributed by atoms with E-state index in [4.69, 9.17) is 4.74 Å². The van der Waals surface area contributed by atoms with Crippen LogP contribution in [0, 0.1) is 0 Å². The molecule has 0 aromatic carbocycles. The summed E-state index contributed by atoms with van der Waals surface area (Å²) in [5.41, 5.74) is 0. The van der Waals surface area contributed by atoms with Gasteiger partial charge in [-0.3, -0.25) is 14.9 Å². The van der Waals surface area contributed by atoms with Crippen LogP contribution >= 0.6 is 0 Å². The van der Waals surface area contributed by atoms with Gasteiger partial charge in [0.25, 0.3) is 5.91 Å². The molecule has 1 N–H and O–H groups in total. The van der Waals surface area contributed by atoms with Gasteiger partial charge in [-0.2, -0.15) is 0 Å². The van der Waals surface area contributed by atoms with E-state index in [0.29, 0.717) is 0 Å². The largest absolute Gasteiger partial charge is 0.465 e. The lowest BCUT2D eigenvalue weighted by Crippen LogP contribution is -2.63. The van der Waals surface area contributed by atoms with Gasteiger partial charge < -0.3 is 14.5 Å². The summed E-state index contributed by atoms with van der Waals surface area (Å²) in [6.45, 7) is 1.93. The van der Waals surface area contributed by atoms with Gasteiger partial charge in [0.05, 0.1) is 12.9 Å². The molecule has 98 valence electrons. The van der Waals surface area contributed by atoms with E-state index < -0.39 is 30.1 Å². The molecule has 2 rings (SSSR count). The van der Waals surface area contributed by atoms with Crippen molar-refractivity contribution < 1.29 is 19.1 Å². The Kier molecular flexibility index (Phi) is 3.17. The summed E-state index contributed by atoms with van der Waals surface area (Å²) in [5.74, 6) is -0.887. The van der Waals surface area contributed by atoms with Crippen molar-refractivity contribution in [2.75, 3.05) is 20.2 Å². The molecule has 2 unspecified atom stereocenters. The molecule has 0 radical (unpaired) electrons. The van der Waals surface area contributed by atoms with Gasteiger partial charge in [-0.05, 0) is 6.92 Å². The number of urea groups is 1. The number of ether oxygens (including phenoxy) is 1. The minimum absolute atomic E-state index is 0.0616. The summed E-state index contributed by atoms with van der Waals surface area (Å²) in [7, 11) is 1.55. The molecule has 2 aliphatic rings. The highest BCUT2D eigenvalue weighted by atomic mass is 16.5. The van der Waals surface area contributed by atoms with Gasteiger partial charge in [0.1, 0.15) is 6.54 Å². The topological polar surface area (TPSA) is 91.3 Å². The zero-order valence-electron chi connectivity index (χ0n) is 10.1. The maximum Gasteiger partial charge on any atom is 0.325 e. The smallest absolute Gasteiger partial charge is 0.325 e. The highest BCUT2D eigenvalue weighted by Crippen LogP contribution is 2.20. The Labute approximate surface area is 104 Å². The Bertz CT molecular complexity index is 422. The number of likely N-dealkylation sites (N-methyl/N-ethyl adjacent to an activating group) is 1. The van der Waals surface area contributed by atoms with Crippen LogP contribution in [-0.2, 0) is 14.3 Å². The molecule has 0 saturated carbocycles. The van der Waals surface area contributed by atoms with E-state index in [1.807, 2.05) is 0 Å². The van der Waals surface area contributed by atoms with Crippen molar-refractivity contribution in [1.82, 2.24) is 15.1 Å². The Hall–Kier alpha value is -2.12. The first-order valence-electron chi connectivity index (χ1n) is 5.57. The van der Waals surface area contributed by atoms with Crippen molar-refractivity contribution in [3.63, 3.8) is 0 Å². The van der Waals surface area contributed by atoms with Crippen molar-refractivity contribution >= 4 is 24.2 Å². The second kappa shape index (κ2) is 4.63. The second-order valence-corrected chi connectivity index (χ2v) is 4.01. The lowest BCUT2D eigenvalue weighted by molar-refractivity contribution is -0.144. The fraction of sp³-hybridized carbons (Fsp3) is 0.600. The number of nitrogens with zero attached hydrogens (tertiary/aromatic N) is 3. The van der Waals surface area contributed by atoms with Crippen LogP contribution in [0.15, 0.2) is 4.99 Å². The minimum atomic E-state index is -0.669. The lowest BCUT2D eigenvalue weighted by atomic mass is 10.1. The van der Waals surface area contributed by atoms with E-state index in [1.54, 1.807) is 14.0 Å². The van der Waals surface area contributed by atoms with Crippen molar-refractivity contribution in [2.45, 2.75) is 19.1 Å². The van der Waals surface area contributed by atoms with Gasteiger partial charge in [-0.15, -0.1) is 0 Å². The van der Waals surface area contributed by atoms with E-state index in [2.05, 4.69) is 10.3 Å². The average molecular weight is 254 g/mol. The number of hydrogen-bond acceptors (Lipinski definition) is 6. The molecule has 18 heavy (non-hydrogen) atoms. The average Bonchev–Trinajstić information content (AvgIpc) is 2.70. The fourth-order valence-corrected chi connectivity index (χ4v) is 1.96. The molecule has 0 bridgehead atoms. The molecule has 1 saturated heterocycles. The Morgan fingerprint density at radius 3 is 2.94 bits per heavy atom. The Morgan fingerprint density at radius 1 is 1.56 bits per heavy atom. The summed E-state index contributed by atoms with van der Waals surface area (Å²) < 4.78 is 4.81. The second-order valence-electron chi connectivity index (χ2n) is 4.01. The first kappa shape index (κ1) is 12.3. The van der Waals surface area contributed by atoms with Crippen LogP contribution in [0.3, 0.4) is 0 Å². The molecule has 1 fully saturated rings. The molecule has 8 heteroatoms. The summed E-state index contributed by atoms with van der Waals surface area (Å²) >= 11 is 0. The van der Waals surface area contributed by atoms with Crippen LogP contribution in [0.25, 0.3) is 0 Å². The van der Waals surface area contributed by atoms with Gasteiger partial charge >= 0.3 is 12.0 Å². The van der Waals surface area contributed by atoms with Crippen molar-refractivity contribution in [3.05, 3.63) is 0 Å². The van der Waals surface area contributed by atoms with Gasteiger partial charge in [-0.25, -0.2) is 9.79 Å². The molecule has 0 aliphatic carbocycles. The molecule has 0 aromatic heterocycles. The zero-order valence-corrected chi connectivity index (χ0v) is 10.1. The number of fused-ring (bicyclic) bond motifs is 1. The Morgan fingerprint density at radius 2 is 2.28 bits per heavy atom. The number of hydrogen-bond donors (Lipinski definition) is 1. The fourth-order valence-electron chi connectivity index (χ4n) is 1.96. The number of carbonyl (C=O) groups is 3. The molecular formula is C10H14N4O4. The molecule has 0 spiro atoms. The summed E-state index contributed by atoms with van der Waals surface area (Å²) in [6.07, 6.45) is 0.821. The predicted molar refractivity (Wildman–Crippen MR) is 60.7 cm³/mol. The minimum Gasteiger partial charge on any atom is -0.465 e. The van der Waals surface area contributed by atoms with Gasteiger partial charge in [-0.1, -0.05) is 0 Å². The standard InChI is InChI=1S/C10H14N4O4/c1-3-18-6(15)4-14-5-11-8-7(14)9(16)12-10(17)13(8)2/h5,7-8H,3-4H2,1-2H3,(H,12,16,17). The van der Waals surface area contributed by atoms with E-state index in [1.165, 1.54) is 16.1 Å². The van der Waals surface area contributed by atoms with Gasteiger partial charge in [0.2, 0.25) is 0 Å². The Balaban J connectivity index is 2.08. The predicted octanol–water partition coefficient (Wildman–Crippen LogP) is -1.23. The molecule has 8 nitrogen and oxygen atoms in total. The zero-order chi connectivity index (χ0) is 13.3. The first-order chi connectivity index (χ1) is 8.54. The third-order valence-electron chi connectivity index (χ3n) is 2.84. The highest BCUT2D eigenvalue weighted by Gasteiger charge is 2.45. The van der Waals surface area contributed by atoms with Crippen LogP contribution < -0.4 is 5.32 Å². The molecule has 2 aliphatic heterocycles. The number of nitrogens with one attached hydrogen (secondary N) is 1. The van der Waals surface area contributed by atoms with Crippen molar-refractivity contribution in [2.24, 2.45) is 4.99 Å². The number of imide groups is 1. The summed E-state index contributed by atoms with van der Waals surface area (Å²) in [5, 5.41) is 2.21. The number of rotatable bonds is 3. The number of aliphatic imine (C=N–C) groups is 1. The van der Waals surface area contributed by atoms with E-state index in [-0.39, 0.29) is 13.2 Å². The molecular weight excluding hydrogens is 240 g/mol. The summed E-state index contributed by atoms with van der Waals surface area (Å²) in [4.78, 5) is 41.4. The number of amides is 3. The number of esters is 1. The lowest BCUT2D eigenvalue weighted by Gasteiger charge is -2.35. The maximum atomic E-state index is 11.7. The van der Waals surface area contributed by atoms with Crippen LogP contribution in [-0.4, -0.2) is 66.5 Å². The van der Waals surface area contributed by atoms with E-state index in [9.17, 15) is 14.4 Å². The van der Waals surface area contributed by atoms with E-state index >= 15 is 0 Å². The van der Waals surface area contributed by atoms with Crippen molar-refractivity contribution in [3.8, 4) is 0 Å². The molecule has 0 aromatic rings. The number of carbonyl (C=O) groups excluding carboxylic acids is 3. The van der Waals surface area contributed by atoms with Crippen molar-refractivity contribution in [1.29, 1.82) is 0 Å². The first-order valence-corrected chi connectivity index (χ1v) is 5.57. The van der Waals surface area contributed by atoms with Crippen LogP contribution in [0.4, 0.5) is 4.79 Å². The SMILES string of the molecule is CCOC(=O)CN1C=NC2C1C(=O)NC(=O)N2C. The monoisotopic (exact) mass is 254 g/mol. The third-order valence-corrected chi connectivity index (χ3v) is 2.84. The van der Waals surface area contributed by atoms with Gasteiger partial charge in [0, 0.05) is 7.05 Å². The maximum absolute atomic E-state index is 11.7. The third kappa shape index (κ3) is 2.01. The quantitative estimate of drug-likeness (QED) is 0.637.